The molecule has 0 unspecified atom stereocenters. The Bertz CT molecular complexity index is 962. The first kappa shape index (κ1) is 16.2. The Hall–Kier alpha value is -2.68. The smallest absolute Gasteiger partial charge is 0.325 e. The number of rotatable bonds is 3. The molecule has 2 aromatic heterocycles. The van der Waals surface area contributed by atoms with Gasteiger partial charge in [0, 0.05) is 5.69 Å². The molecule has 1 amide bonds. The van der Waals surface area contributed by atoms with Gasteiger partial charge >= 0.3 is 6.18 Å². The molecule has 24 heavy (non-hydrogen) atoms. The van der Waals surface area contributed by atoms with Gasteiger partial charge in [0.05, 0.1) is 17.3 Å². The number of fused-ring (bicyclic) bond motifs is 1. The molecule has 5 nitrogen and oxygen atoms in total. The molecule has 9 heteroatoms. The zero-order chi connectivity index (χ0) is 17.3. The highest BCUT2D eigenvalue weighted by Crippen LogP contribution is 2.30. The monoisotopic (exact) mass is 353 g/mol. The topological polar surface area (TPSA) is 64.0 Å². The summed E-state index contributed by atoms with van der Waals surface area (Å²) >= 11 is 1.30. The quantitative estimate of drug-likeness (QED) is 0.787. The van der Waals surface area contributed by atoms with Gasteiger partial charge in [0.1, 0.15) is 11.4 Å². The molecule has 0 saturated heterocycles. The van der Waals surface area contributed by atoms with Crippen LogP contribution < -0.4 is 10.9 Å². The molecule has 0 saturated carbocycles. The van der Waals surface area contributed by atoms with Crippen LogP contribution in [0.5, 0.6) is 0 Å². The van der Waals surface area contributed by atoms with Gasteiger partial charge in [0.25, 0.3) is 5.56 Å². The zero-order valence-corrected chi connectivity index (χ0v) is 12.8. The summed E-state index contributed by atoms with van der Waals surface area (Å²) in [6, 6.07) is 5.89. The summed E-state index contributed by atoms with van der Waals surface area (Å²) in [5.41, 5.74) is -1.23. The first-order chi connectivity index (χ1) is 11.3. The number of anilines is 1. The minimum absolute atomic E-state index is 0.00689. The first-order valence-corrected chi connectivity index (χ1v) is 7.62. The molecule has 124 valence electrons. The van der Waals surface area contributed by atoms with E-state index < -0.39 is 17.6 Å². The number of hydrogen-bond donors (Lipinski definition) is 1. The molecule has 3 aromatic rings. The first-order valence-electron chi connectivity index (χ1n) is 6.74. The number of halogens is 3. The summed E-state index contributed by atoms with van der Waals surface area (Å²) in [6.07, 6.45) is -3.25. The Morgan fingerprint density at radius 1 is 1.29 bits per heavy atom. The van der Waals surface area contributed by atoms with Crippen LogP contribution in [-0.4, -0.2) is 15.5 Å². The summed E-state index contributed by atoms with van der Waals surface area (Å²) in [4.78, 5) is 28.8. The number of alkyl halides is 3. The van der Waals surface area contributed by atoms with E-state index in [1.807, 2.05) is 0 Å². The van der Waals surface area contributed by atoms with Crippen molar-refractivity contribution in [1.82, 2.24) is 9.55 Å². The van der Waals surface area contributed by atoms with Gasteiger partial charge in [-0.3, -0.25) is 14.2 Å². The highest BCUT2D eigenvalue weighted by molar-refractivity contribution is 7.16. The Labute approximate surface area is 137 Å². The third kappa shape index (κ3) is 3.30. The number of carbonyl (C=O) groups is 1. The molecule has 0 bridgehead atoms. The van der Waals surface area contributed by atoms with Crippen LogP contribution in [0.3, 0.4) is 0 Å². The van der Waals surface area contributed by atoms with Crippen LogP contribution >= 0.6 is 11.3 Å². The number of amides is 1. The Kier molecular flexibility index (Phi) is 4.10. The lowest BCUT2D eigenvalue weighted by Gasteiger charge is -2.10. The van der Waals surface area contributed by atoms with E-state index in [1.165, 1.54) is 29.8 Å². The van der Waals surface area contributed by atoms with Crippen LogP contribution in [0, 0.1) is 0 Å². The third-order valence-corrected chi connectivity index (χ3v) is 4.06. The van der Waals surface area contributed by atoms with Crippen LogP contribution in [0.1, 0.15) is 5.56 Å². The van der Waals surface area contributed by atoms with Crippen LogP contribution in [-0.2, 0) is 17.5 Å². The fraction of sp³-hybridized carbons (Fsp3) is 0.133. The number of thiophene rings is 1. The lowest BCUT2D eigenvalue weighted by Crippen LogP contribution is -2.27. The molecular formula is C15H10F3N3O2S. The van der Waals surface area contributed by atoms with Crippen molar-refractivity contribution in [2.45, 2.75) is 12.7 Å². The SMILES string of the molecule is O=C(Cn1cnc2sccc2c1=O)Nc1cccc(C(F)(F)F)c1. The van der Waals surface area contributed by atoms with E-state index in [2.05, 4.69) is 10.3 Å². The van der Waals surface area contributed by atoms with Gasteiger partial charge in [-0.1, -0.05) is 6.07 Å². The molecule has 0 aliphatic carbocycles. The number of carbonyl (C=O) groups excluding carboxylic acids is 1. The van der Waals surface area contributed by atoms with Crippen LogP contribution in [0.4, 0.5) is 18.9 Å². The van der Waals surface area contributed by atoms with Gasteiger partial charge in [-0.15, -0.1) is 11.3 Å². The van der Waals surface area contributed by atoms with Crippen molar-refractivity contribution >= 4 is 33.1 Å². The molecule has 0 aliphatic rings. The molecule has 0 aliphatic heterocycles. The minimum Gasteiger partial charge on any atom is -0.325 e. The maximum Gasteiger partial charge on any atom is 0.416 e. The summed E-state index contributed by atoms with van der Waals surface area (Å²) in [5.74, 6) is -0.618. The average molecular weight is 353 g/mol. The van der Waals surface area contributed by atoms with Crippen LogP contribution in [0.15, 0.2) is 46.8 Å². The van der Waals surface area contributed by atoms with Crippen molar-refractivity contribution in [1.29, 1.82) is 0 Å². The predicted octanol–water partition coefficient (Wildman–Crippen LogP) is 3.12. The highest BCUT2D eigenvalue weighted by Gasteiger charge is 2.30. The average Bonchev–Trinajstić information content (AvgIpc) is 2.99. The van der Waals surface area contributed by atoms with Crippen molar-refractivity contribution in [3.8, 4) is 0 Å². The van der Waals surface area contributed by atoms with Crippen molar-refractivity contribution in [3.05, 3.63) is 58.0 Å². The summed E-state index contributed by atoms with van der Waals surface area (Å²) in [6.45, 7) is -0.339. The molecular weight excluding hydrogens is 343 g/mol. The van der Waals surface area contributed by atoms with Gasteiger partial charge in [-0.25, -0.2) is 4.98 Å². The minimum atomic E-state index is -4.49. The summed E-state index contributed by atoms with van der Waals surface area (Å²) in [7, 11) is 0. The van der Waals surface area contributed by atoms with Crippen LogP contribution in [0.2, 0.25) is 0 Å². The second kappa shape index (κ2) is 6.08. The largest absolute Gasteiger partial charge is 0.416 e. The van der Waals surface area contributed by atoms with Crippen molar-refractivity contribution in [2.75, 3.05) is 5.32 Å². The number of benzene rings is 1. The molecule has 0 spiro atoms. The molecule has 1 aromatic carbocycles. The van der Waals surface area contributed by atoms with E-state index >= 15 is 0 Å². The van der Waals surface area contributed by atoms with Crippen molar-refractivity contribution in [2.24, 2.45) is 0 Å². The second-order valence-electron chi connectivity index (χ2n) is 4.94. The zero-order valence-electron chi connectivity index (χ0n) is 12.0. The van der Waals surface area contributed by atoms with Gasteiger partial charge in [0.15, 0.2) is 0 Å². The van der Waals surface area contributed by atoms with Gasteiger partial charge in [0.2, 0.25) is 5.91 Å². The number of hydrogen-bond acceptors (Lipinski definition) is 4. The second-order valence-corrected chi connectivity index (χ2v) is 5.84. The summed E-state index contributed by atoms with van der Waals surface area (Å²) < 4.78 is 39.1. The van der Waals surface area contributed by atoms with Gasteiger partial charge < -0.3 is 5.32 Å². The molecule has 0 radical (unpaired) electrons. The molecule has 0 atom stereocenters. The normalized spacial score (nSPS) is 11.6. The van der Waals surface area contributed by atoms with Crippen molar-refractivity contribution < 1.29 is 18.0 Å². The third-order valence-electron chi connectivity index (χ3n) is 3.24. The van der Waals surface area contributed by atoms with E-state index in [0.29, 0.717) is 10.2 Å². The van der Waals surface area contributed by atoms with E-state index in [1.54, 1.807) is 11.4 Å². The summed E-state index contributed by atoms with van der Waals surface area (Å²) in [5, 5.41) is 4.46. The Morgan fingerprint density at radius 2 is 2.08 bits per heavy atom. The van der Waals surface area contributed by atoms with E-state index in [0.717, 1.165) is 16.7 Å². The van der Waals surface area contributed by atoms with E-state index in [4.69, 9.17) is 0 Å². The fourth-order valence-corrected chi connectivity index (χ4v) is 2.86. The number of aromatic nitrogens is 2. The fourth-order valence-electron chi connectivity index (χ4n) is 2.13. The Balaban J connectivity index is 1.78. The maximum atomic E-state index is 12.7. The van der Waals surface area contributed by atoms with Gasteiger partial charge in [-0.2, -0.15) is 13.2 Å². The van der Waals surface area contributed by atoms with Crippen molar-refractivity contribution in [3.63, 3.8) is 0 Å². The molecule has 3 rings (SSSR count). The van der Waals surface area contributed by atoms with Gasteiger partial charge in [-0.05, 0) is 29.6 Å². The molecule has 2 heterocycles. The van der Waals surface area contributed by atoms with E-state index in [9.17, 15) is 22.8 Å². The predicted molar refractivity (Wildman–Crippen MR) is 84.0 cm³/mol. The molecule has 1 N–H and O–H groups in total. The maximum absolute atomic E-state index is 12.7. The number of nitrogens with one attached hydrogen (secondary N) is 1. The lowest BCUT2D eigenvalue weighted by atomic mass is 10.2. The lowest BCUT2D eigenvalue weighted by molar-refractivity contribution is -0.137. The highest BCUT2D eigenvalue weighted by atomic mass is 32.1. The standard InChI is InChI=1S/C15H10F3N3O2S/c16-15(17,18)9-2-1-3-10(6-9)20-12(22)7-21-8-19-13-11(14(21)23)4-5-24-13/h1-6,8H,7H2,(H,20,22). The van der Waals surface area contributed by atoms with Crippen LogP contribution in [0.25, 0.3) is 10.2 Å². The molecule has 0 fully saturated rings. The van der Waals surface area contributed by atoms with E-state index in [-0.39, 0.29) is 17.8 Å². The Morgan fingerprint density at radius 3 is 2.83 bits per heavy atom. The number of nitrogens with zero attached hydrogens (tertiary/aromatic N) is 2.